The van der Waals surface area contributed by atoms with Crippen molar-refractivity contribution >= 4 is 39.5 Å². The van der Waals surface area contributed by atoms with Gasteiger partial charge in [-0.15, -0.1) is 0 Å². The molecule has 0 saturated carbocycles. The average Bonchev–Trinajstić information content (AvgIpc) is 2.30. The van der Waals surface area contributed by atoms with Crippen molar-refractivity contribution in [2.24, 2.45) is 0 Å². The summed E-state index contributed by atoms with van der Waals surface area (Å²) in [6.07, 6.45) is 0. The summed E-state index contributed by atoms with van der Waals surface area (Å²) in [5.74, 6) is -1.20. The molecule has 0 radical (unpaired) electrons. The van der Waals surface area contributed by atoms with Crippen LogP contribution in [0.5, 0.6) is 5.75 Å². The first-order chi connectivity index (χ1) is 8.45. The smallest absolute Gasteiger partial charge is 0.347 e. The normalized spacial score (nSPS) is 10.6. The summed E-state index contributed by atoms with van der Waals surface area (Å²) in [6.45, 7) is 1.82. The fourth-order valence-corrected chi connectivity index (χ4v) is 2.58. The van der Waals surface area contributed by atoms with Gasteiger partial charge in [0.1, 0.15) is 5.75 Å². The van der Waals surface area contributed by atoms with Gasteiger partial charge in [-0.05, 0) is 47.2 Å². The Bertz CT molecular complexity index is 705. The number of nitrogens with one attached hydrogen (secondary N) is 1. The van der Waals surface area contributed by atoms with Crippen LogP contribution in [0.25, 0.3) is 10.9 Å². The number of benzene rings is 1. The summed E-state index contributed by atoms with van der Waals surface area (Å²) in [5.41, 5.74) is 0.314. The number of aryl methyl sites for hydroxylation is 1. The predicted molar refractivity (Wildman–Crippen MR) is 75.0 cm³/mol. The van der Waals surface area contributed by atoms with Crippen molar-refractivity contribution in [1.82, 2.24) is 4.98 Å². The number of hydrogen-bond donors (Lipinski definition) is 2. The molecule has 2 rings (SSSR count). The number of pyridine rings is 1. The lowest BCUT2D eigenvalue weighted by Gasteiger charge is -2.08. The summed E-state index contributed by atoms with van der Waals surface area (Å²) in [6, 6.07) is 3.57. The van der Waals surface area contributed by atoms with Crippen LogP contribution < -0.4 is 5.56 Å². The lowest BCUT2D eigenvalue weighted by molar-refractivity contribution is 0.0595. The molecule has 0 bridgehead atoms. The van der Waals surface area contributed by atoms with Gasteiger partial charge >= 0.3 is 5.97 Å². The van der Waals surface area contributed by atoms with Crippen LogP contribution >= 0.6 is 22.6 Å². The quantitative estimate of drug-likeness (QED) is 0.603. The zero-order valence-corrected chi connectivity index (χ0v) is 11.9. The van der Waals surface area contributed by atoms with Crippen LogP contribution in [-0.2, 0) is 4.74 Å². The number of aromatic amines is 1. The number of fused-ring (bicyclic) bond motifs is 1. The Morgan fingerprint density at radius 3 is 2.72 bits per heavy atom. The lowest BCUT2D eigenvalue weighted by atomic mass is 10.1. The molecule has 0 unspecified atom stereocenters. The fraction of sp³-hybridized carbons (Fsp3) is 0.167. The van der Waals surface area contributed by atoms with Gasteiger partial charge in [-0.25, -0.2) is 4.79 Å². The standard InChI is InChI=1S/C12H10INO4/c1-5-3-6(13)4-7-9(5)14-11(16)8(10(7)15)12(17)18-2/h3-4H,1-2H3,(H2,14,15,16). The van der Waals surface area contributed by atoms with Crippen molar-refractivity contribution in [3.05, 3.63) is 37.2 Å². The van der Waals surface area contributed by atoms with Crippen LogP contribution in [-0.4, -0.2) is 23.2 Å². The predicted octanol–water partition coefficient (Wildman–Crippen LogP) is 1.93. The van der Waals surface area contributed by atoms with E-state index < -0.39 is 11.5 Å². The number of hydrogen-bond acceptors (Lipinski definition) is 4. The van der Waals surface area contributed by atoms with E-state index >= 15 is 0 Å². The van der Waals surface area contributed by atoms with Crippen LogP contribution in [0.15, 0.2) is 16.9 Å². The molecular formula is C12H10INO4. The summed E-state index contributed by atoms with van der Waals surface area (Å²) < 4.78 is 5.39. The van der Waals surface area contributed by atoms with E-state index in [1.807, 2.05) is 13.0 Å². The number of aromatic nitrogens is 1. The van der Waals surface area contributed by atoms with Crippen LogP contribution in [0.4, 0.5) is 0 Å². The summed E-state index contributed by atoms with van der Waals surface area (Å²) in [7, 11) is 1.16. The molecule has 0 aliphatic carbocycles. The Hall–Kier alpha value is -1.57. The van der Waals surface area contributed by atoms with Crippen LogP contribution in [0.2, 0.25) is 0 Å². The Balaban J connectivity index is 2.94. The van der Waals surface area contributed by atoms with Gasteiger partial charge in [0, 0.05) is 8.96 Å². The topological polar surface area (TPSA) is 79.4 Å². The highest BCUT2D eigenvalue weighted by Gasteiger charge is 2.20. The number of carbonyl (C=O) groups is 1. The van der Waals surface area contributed by atoms with E-state index in [4.69, 9.17) is 0 Å². The maximum atomic E-state index is 11.8. The molecule has 0 amide bonds. The molecule has 0 aliphatic rings. The Morgan fingerprint density at radius 2 is 2.11 bits per heavy atom. The van der Waals surface area contributed by atoms with Crippen molar-refractivity contribution in [3.8, 4) is 5.75 Å². The molecule has 0 spiro atoms. The van der Waals surface area contributed by atoms with Crippen molar-refractivity contribution in [1.29, 1.82) is 0 Å². The van der Waals surface area contributed by atoms with Crippen molar-refractivity contribution in [3.63, 3.8) is 0 Å². The number of carbonyl (C=O) groups excluding carboxylic acids is 1. The lowest BCUT2D eigenvalue weighted by Crippen LogP contribution is -2.19. The highest BCUT2D eigenvalue weighted by Crippen LogP contribution is 2.28. The third-order valence-electron chi connectivity index (χ3n) is 2.65. The Morgan fingerprint density at radius 1 is 1.44 bits per heavy atom. The molecule has 2 N–H and O–H groups in total. The van der Waals surface area contributed by atoms with E-state index in [2.05, 4.69) is 32.3 Å². The van der Waals surface area contributed by atoms with Gasteiger partial charge < -0.3 is 14.8 Å². The zero-order chi connectivity index (χ0) is 13.4. The molecule has 2 aromatic rings. The minimum atomic E-state index is -0.854. The molecule has 1 aromatic carbocycles. The molecule has 0 aliphatic heterocycles. The second kappa shape index (κ2) is 4.60. The second-order valence-electron chi connectivity index (χ2n) is 3.81. The van der Waals surface area contributed by atoms with Crippen molar-refractivity contribution in [2.45, 2.75) is 6.92 Å². The largest absolute Gasteiger partial charge is 0.506 e. The molecule has 5 nitrogen and oxygen atoms in total. The first kappa shape index (κ1) is 12.9. The van der Waals surface area contributed by atoms with Gasteiger partial charge in [0.05, 0.1) is 12.6 Å². The minimum Gasteiger partial charge on any atom is -0.506 e. The van der Waals surface area contributed by atoms with E-state index in [0.717, 1.165) is 16.2 Å². The van der Waals surface area contributed by atoms with Gasteiger partial charge in [-0.3, -0.25) is 4.79 Å². The molecule has 1 aromatic heterocycles. The van der Waals surface area contributed by atoms with Crippen LogP contribution in [0.3, 0.4) is 0 Å². The Labute approximate surface area is 116 Å². The van der Waals surface area contributed by atoms with E-state index in [1.165, 1.54) is 0 Å². The maximum Gasteiger partial charge on any atom is 0.347 e. The summed E-state index contributed by atoms with van der Waals surface area (Å²) in [5, 5.41) is 10.5. The monoisotopic (exact) mass is 359 g/mol. The second-order valence-corrected chi connectivity index (χ2v) is 5.06. The molecule has 0 atom stereocenters. The maximum absolute atomic E-state index is 11.8. The molecular weight excluding hydrogens is 349 g/mol. The number of ether oxygens (including phenoxy) is 1. The number of H-pyrrole nitrogens is 1. The fourth-order valence-electron chi connectivity index (χ4n) is 1.81. The first-order valence-corrected chi connectivity index (χ1v) is 6.17. The third-order valence-corrected chi connectivity index (χ3v) is 3.27. The molecule has 94 valence electrons. The van der Waals surface area contributed by atoms with Gasteiger partial charge in [-0.2, -0.15) is 0 Å². The van der Waals surface area contributed by atoms with Gasteiger partial charge in [0.25, 0.3) is 5.56 Å². The van der Waals surface area contributed by atoms with Gasteiger partial charge in [0.2, 0.25) is 0 Å². The summed E-state index contributed by atoms with van der Waals surface area (Å²) in [4.78, 5) is 25.8. The number of methoxy groups -OCH3 is 1. The van der Waals surface area contributed by atoms with E-state index in [-0.39, 0.29) is 11.3 Å². The molecule has 0 saturated heterocycles. The van der Waals surface area contributed by atoms with Crippen LogP contribution in [0, 0.1) is 10.5 Å². The van der Waals surface area contributed by atoms with Crippen molar-refractivity contribution < 1.29 is 14.6 Å². The molecule has 18 heavy (non-hydrogen) atoms. The average molecular weight is 359 g/mol. The van der Waals surface area contributed by atoms with E-state index in [9.17, 15) is 14.7 Å². The van der Waals surface area contributed by atoms with E-state index in [0.29, 0.717) is 10.9 Å². The minimum absolute atomic E-state index is 0.345. The summed E-state index contributed by atoms with van der Waals surface area (Å²) >= 11 is 2.10. The van der Waals surface area contributed by atoms with Crippen molar-refractivity contribution in [2.75, 3.05) is 7.11 Å². The Kier molecular flexibility index (Phi) is 3.29. The number of rotatable bonds is 1. The van der Waals surface area contributed by atoms with Crippen LogP contribution in [0.1, 0.15) is 15.9 Å². The third kappa shape index (κ3) is 1.96. The first-order valence-electron chi connectivity index (χ1n) is 5.09. The van der Waals surface area contributed by atoms with Gasteiger partial charge in [0.15, 0.2) is 5.56 Å². The molecule has 0 fully saturated rings. The van der Waals surface area contributed by atoms with E-state index in [1.54, 1.807) is 6.07 Å². The highest BCUT2D eigenvalue weighted by molar-refractivity contribution is 14.1. The SMILES string of the molecule is COC(=O)c1c(O)c2cc(I)cc(C)c2[nH]c1=O. The number of esters is 1. The highest BCUT2D eigenvalue weighted by atomic mass is 127. The zero-order valence-electron chi connectivity index (χ0n) is 9.70. The van der Waals surface area contributed by atoms with Gasteiger partial charge in [-0.1, -0.05) is 0 Å². The molecule has 6 heteroatoms. The number of aromatic hydroxyl groups is 1. The molecule has 1 heterocycles. The number of halogens is 1.